The van der Waals surface area contributed by atoms with Crippen LogP contribution in [0, 0.1) is 0 Å². The molecule has 0 aliphatic carbocycles. The molecule has 0 saturated heterocycles. The molecule has 1 atom stereocenters. The number of aliphatic hydroxyl groups excluding tert-OH is 1. The van der Waals surface area contributed by atoms with Crippen molar-refractivity contribution in [2.24, 2.45) is 5.73 Å². The van der Waals surface area contributed by atoms with Gasteiger partial charge in [0.15, 0.2) is 0 Å². The van der Waals surface area contributed by atoms with E-state index in [2.05, 4.69) is 12.2 Å². The molecule has 4 nitrogen and oxygen atoms in total. The van der Waals surface area contributed by atoms with E-state index in [0.29, 0.717) is 13.0 Å². The highest BCUT2D eigenvalue weighted by atomic mass is 16.3. The lowest BCUT2D eigenvalue weighted by molar-refractivity contribution is -0.122. The Hall–Kier alpha value is -0.610. The quantitative estimate of drug-likeness (QED) is 0.492. The van der Waals surface area contributed by atoms with Gasteiger partial charge < -0.3 is 16.2 Å². The van der Waals surface area contributed by atoms with Gasteiger partial charge in [-0.2, -0.15) is 0 Å². The first kappa shape index (κ1) is 12.4. The highest BCUT2D eigenvalue weighted by molar-refractivity contribution is 5.81. The predicted molar refractivity (Wildman–Crippen MR) is 52.2 cm³/mol. The largest absolute Gasteiger partial charge is 0.396 e. The average Bonchev–Trinajstić information content (AvgIpc) is 2.14. The van der Waals surface area contributed by atoms with Crippen molar-refractivity contribution in [2.75, 3.05) is 13.2 Å². The molecule has 0 aliphatic heterocycles. The minimum atomic E-state index is -0.390. The van der Waals surface area contributed by atoms with Gasteiger partial charge in [0.05, 0.1) is 6.04 Å². The summed E-state index contributed by atoms with van der Waals surface area (Å²) in [5.74, 6) is -0.109. The van der Waals surface area contributed by atoms with E-state index in [0.717, 1.165) is 19.3 Å². The zero-order chi connectivity index (χ0) is 10.1. The minimum absolute atomic E-state index is 0.102. The average molecular weight is 188 g/mol. The molecule has 0 spiro atoms. The van der Waals surface area contributed by atoms with Gasteiger partial charge in [-0.15, -0.1) is 0 Å². The van der Waals surface area contributed by atoms with Gasteiger partial charge in [0.1, 0.15) is 0 Å². The van der Waals surface area contributed by atoms with Crippen LogP contribution in [0.3, 0.4) is 0 Å². The van der Waals surface area contributed by atoms with Gasteiger partial charge in [-0.25, -0.2) is 0 Å². The second-order valence-corrected chi connectivity index (χ2v) is 3.12. The monoisotopic (exact) mass is 188 g/mol. The van der Waals surface area contributed by atoms with Crippen LogP contribution in [0.5, 0.6) is 0 Å². The van der Waals surface area contributed by atoms with Gasteiger partial charge in [0, 0.05) is 13.2 Å². The van der Waals surface area contributed by atoms with Gasteiger partial charge in [0.2, 0.25) is 5.91 Å². The SMILES string of the molecule is CCCC[C@H](N)C(=O)NCCCO. The summed E-state index contributed by atoms with van der Waals surface area (Å²) >= 11 is 0. The number of unbranched alkanes of at least 4 members (excludes halogenated alkanes) is 1. The highest BCUT2D eigenvalue weighted by Crippen LogP contribution is 1.97. The van der Waals surface area contributed by atoms with Crippen LogP contribution >= 0.6 is 0 Å². The lowest BCUT2D eigenvalue weighted by Gasteiger charge is -2.10. The van der Waals surface area contributed by atoms with E-state index in [9.17, 15) is 4.79 Å². The Morgan fingerprint density at radius 2 is 2.23 bits per heavy atom. The van der Waals surface area contributed by atoms with Crippen LogP contribution in [0.4, 0.5) is 0 Å². The summed E-state index contributed by atoms with van der Waals surface area (Å²) in [6.45, 7) is 2.68. The molecule has 13 heavy (non-hydrogen) atoms. The maximum Gasteiger partial charge on any atom is 0.236 e. The fourth-order valence-electron chi connectivity index (χ4n) is 0.977. The van der Waals surface area contributed by atoms with Crippen LogP contribution in [0.15, 0.2) is 0 Å². The fraction of sp³-hybridized carbons (Fsp3) is 0.889. The lowest BCUT2D eigenvalue weighted by atomic mass is 10.1. The Bertz CT molecular complexity index is 140. The third kappa shape index (κ3) is 6.54. The third-order valence-electron chi connectivity index (χ3n) is 1.84. The van der Waals surface area contributed by atoms with E-state index < -0.39 is 6.04 Å². The molecule has 0 aromatic carbocycles. The molecular weight excluding hydrogens is 168 g/mol. The molecule has 78 valence electrons. The van der Waals surface area contributed by atoms with Crippen molar-refractivity contribution in [3.8, 4) is 0 Å². The smallest absolute Gasteiger partial charge is 0.236 e. The Morgan fingerprint density at radius 3 is 2.77 bits per heavy atom. The van der Waals surface area contributed by atoms with Crippen LogP contribution in [0.2, 0.25) is 0 Å². The molecule has 1 amide bonds. The normalized spacial score (nSPS) is 12.5. The summed E-state index contributed by atoms with van der Waals surface area (Å²) in [5, 5.41) is 11.1. The fourth-order valence-corrected chi connectivity index (χ4v) is 0.977. The number of carbonyl (C=O) groups is 1. The molecule has 0 aliphatic rings. The molecule has 0 radical (unpaired) electrons. The number of nitrogens with two attached hydrogens (primary N) is 1. The maximum absolute atomic E-state index is 11.2. The molecule has 0 rings (SSSR count). The highest BCUT2D eigenvalue weighted by Gasteiger charge is 2.10. The number of rotatable bonds is 7. The first-order valence-corrected chi connectivity index (χ1v) is 4.86. The number of hydrogen-bond acceptors (Lipinski definition) is 3. The number of hydrogen-bond donors (Lipinski definition) is 3. The van der Waals surface area contributed by atoms with Gasteiger partial charge in [-0.1, -0.05) is 19.8 Å². The van der Waals surface area contributed by atoms with Gasteiger partial charge in [-0.3, -0.25) is 4.79 Å². The minimum Gasteiger partial charge on any atom is -0.396 e. The summed E-state index contributed by atoms with van der Waals surface area (Å²) in [6.07, 6.45) is 3.36. The van der Waals surface area contributed by atoms with Crippen molar-refractivity contribution in [3.05, 3.63) is 0 Å². The Balaban J connectivity index is 3.45. The molecule has 0 aromatic heterocycles. The molecule has 0 unspecified atom stereocenters. The van der Waals surface area contributed by atoms with Crippen molar-refractivity contribution in [2.45, 2.75) is 38.6 Å². The number of nitrogens with one attached hydrogen (secondary N) is 1. The summed E-state index contributed by atoms with van der Waals surface area (Å²) in [4.78, 5) is 11.2. The third-order valence-corrected chi connectivity index (χ3v) is 1.84. The number of amides is 1. The summed E-state index contributed by atoms with van der Waals surface area (Å²) in [7, 11) is 0. The van der Waals surface area contributed by atoms with Crippen molar-refractivity contribution in [1.29, 1.82) is 0 Å². The van der Waals surface area contributed by atoms with E-state index in [1.165, 1.54) is 0 Å². The maximum atomic E-state index is 11.2. The Labute approximate surface area is 79.5 Å². The van der Waals surface area contributed by atoms with Gasteiger partial charge >= 0.3 is 0 Å². The number of aliphatic hydroxyl groups is 1. The molecule has 0 bridgehead atoms. The molecule has 4 heteroatoms. The van der Waals surface area contributed by atoms with Crippen LogP contribution in [-0.4, -0.2) is 30.2 Å². The van der Waals surface area contributed by atoms with E-state index in [1.807, 2.05) is 0 Å². The van der Waals surface area contributed by atoms with Crippen molar-refractivity contribution in [1.82, 2.24) is 5.32 Å². The second-order valence-electron chi connectivity index (χ2n) is 3.12. The molecular formula is C9H20N2O2. The zero-order valence-corrected chi connectivity index (χ0v) is 8.25. The van der Waals surface area contributed by atoms with Crippen molar-refractivity contribution >= 4 is 5.91 Å². The van der Waals surface area contributed by atoms with Crippen LogP contribution in [0.1, 0.15) is 32.6 Å². The molecule has 4 N–H and O–H groups in total. The lowest BCUT2D eigenvalue weighted by Crippen LogP contribution is -2.41. The molecule has 0 fully saturated rings. The van der Waals surface area contributed by atoms with Crippen LogP contribution in [-0.2, 0) is 4.79 Å². The first-order chi connectivity index (χ1) is 6.22. The van der Waals surface area contributed by atoms with E-state index in [-0.39, 0.29) is 12.5 Å². The van der Waals surface area contributed by atoms with Crippen molar-refractivity contribution in [3.63, 3.8) is 0 Å². The van der Waals surface area contributed by atoms with Crippen LogP contribution in [0.25, 0.3) is 0 Å². The van der Waals surface area contributed by atoms with Crippen LogP contribution < -0.4 is 11.1 Å². The molecule has 0 heterocycles. The number of carbonyl (C=O) groups excluding carboxylic acids is 1. The molecule has 0 aromatic rings. The molecule has 0 saturated carbocycles. The first-order valence-electron chi connectivity index (χ1n) is 4.86. The predicted octanol–water partition coefficient (Wildman–Crippen LogP) is 0.00250. The van der Waals surface area contributed by atoms with E-state index >= 15 is 0 Å². The second kappa shape index (κ2) is 8.01. The summed E-state index contributed by atoms with van der Waals surface area (Å²) in [5.41, 5.74) is 5.61. The van der Waals surface area contributed by atoms with E-state index in [4.69, 9.17) is 10.8 Å². The standard InChI is InChI=1S/C9H20N2O2/c1-2-3-5-8(10)9(13)11-6-4-7-12/h8,12H,2-7,10H2,1H3,(H,11,13)/t8-/m0/s1. The summed E-state index contributed by atoms with van der Waals surface area (Å²) in [6, 6.07) is -0.390. The summed E-state index contributed by atoms with van der Waals surface area (Å²) < 4.78 is 0. The zero-order valence-electron chi connectivity index (χ0n) is 8.25. The Morgan fingerprint density at radius 1 is 1.54 bits per heavy atom. The van der Waals surface area contributed by atoms with Gasteiger partial charge in [0.25, 0.3) is 0 Å². The van der Waals surface area contributed by atoms with E-state index in [1.54, 1.807) is 0 Å². The van der Waals surface area contributed by atoms with Crippen molar-refractivity contribution < 1.29 is 9.90 Å². The topological polar surface area (TPSA) is 75.4 Å². The van der Waals surface area contributed by atoms with Gasteiger partial charge in [-0.05, 0) is 12.8 Å². The Kier molecular flexibility index (Phi) is 7.63.